The zero-order valence-corrected chi connectivity index (χ0v) is 13.9. The van der Waals surface area contributed by atoms with Gasteiger partial charge in [-0.15, -0.1) is 11.3 Å². The molecule has 24 heavy (non-hydrogen) atoms. The number of anilines is 1. The van der Waals surface area contributed by atoms with Crippen LogP contribution in [0.3, 0.4) is 0 Å². The van der Waals surface area contributed by atoms with Gasteiger partial charge in [-0.1, -0.05) is 30.3 Å². The number of aliphatic hydroxyl groups is 1. The lowest BCUT2D eigenvalue weighted by Gasteiger charge is -2.17. The van der Waals surface area contributed by atoms with Crippen LogP contribution in [0.25, 0.3) is 0 Å². The molecule has 7 heteroatoms. The first-order valence-corrected chi connectivity index (χ1v) is 8.78. The van der Waals surface area contributed by atoms with E-state index in [0.717, 1.165) is 24.1 Å². The van der Waals surface area contributed by atoms with Crippen molar-refractivity contribution in [3.63, 3.8) is 0 Å². The van der Waals surface area contributed by atoms with Gasteiger partial charge in [-0.2, -0.15) is 0 Å². The molecular formula is C17H19N3O3S. The van der Waals surface area contributed by atoms with Gasteiger partial charge in [-0.25, -0.2) is 4.98 Å². The highest BCUT2D eigenvalue weighted by atomic mass is 32.1. The highest BCUT2D eigenvalue weighted by molar-refractivity contribution is 7.14. The fraction of sp³-hybridized carbons (Fsp3) is 0.353. The molecule has 1 aliphatic rings. The summed E-state index contributed by atoms with van der Waals surface area (Å²) in [5.74, 6) is -0.973. The second-order valence-electron chi connectivity index (χ2n) is 5.75. The first-order valence-electron chi connectivity index (χ1n) is 7.90. The molecule has 2 aromatic rings. The molecular weight excluding hydrogens is 326 g/mol. The number of hydrogen-bond acceptors (Lipinski definition) is 5. The molecule has 1 aliphatic carbocycles. The molecule has 2 amide bonds. The van der Waals surface area contributed by atoms with Crippen molar-refractivity contribution in [1.29, 1.82) is 0 Å². The second-order valence-corrected chi connectivity index (χ2v) is 6.61. The summed E-state index contributed by atoms with van der Waals surface area (Å²) in [4.78, 5) is 28.5. The van der Waals surface area contributed by atoms with E-state index in [1.165, 1.54) is 11.3 Å². The Morgan fingerprint density at radius 2 is 2.00 bits per heavy atom. The highest BCUT2D eigenvalue weighted by Crippen LogP contribution is 2.40. The van der Waals surface area contributed by atoms with Crippen molar-refractivity contribution in [2.75, 3.05) is 11.9 Å². The maximum Gasteiger partial charge on any atom is 0.315 e. The number of nitrogens with one attached hydrogen (secondary N) is 2. The van der Waals surface area contributed by atoms with E-state index >= 15 is 0 Å². The SMILES string of the molecule is O=C(Nc1nc(C2CC2)cs1)C(=O)N[C@@H](CCO)c1ccccc1. The Morgan fingerprint density at radius 3 is 2.67 bits per heavy atom. The molecule has 126 valence electrons. The van der Waals surface area contributed by atoms with Crippen LogP contribution in [-0.4, -0.2) is 28.5 Å². The van der Waals surface area contributed by atoms with Gasteiger partial charge >= 0.3 is 11.8 Å². The Labute approximate surface area is 143 Å². The quantitative estimate of drug-likeness (QED) is 0.700. The molecule has 0 saturated heterocycles. The van der Waals surface area contributed by atoms with E-state index in [1.54, 1.807) is 0 Å². The van der Waals surface area contributed by atoms with E-state index in [4.69, 9.17) is 0 Å². The van der Waals surface area contributed by atoms with Gasteiger partial charge in [0.25, 0.3) is 0 Å². The smallest absolute Gasteiger partial charge is 0.315 e. The minimum Gasteiger partial charge on any atom is -0.396 e. The first kappa shape index (κ1) is 16.6. The van der Waals surface area contributed by atoms with E-state index in [2.05, 4.69) is 15.6 Å². The van der Waals surface area contributed by atoms with E-state index in [0.29, 0.717) is 17.5 Å². The molecule has 1 saturated carbocycles. The van der Waals surface area contributed by atoms with Crippen LogP contribution < -0.4 is 10.6 Å². The number of rotatable bonds is 6. The predicted octanol–water partition coefficient (Wildman–Crippen LogP) is 2.20. The minimum atomic E-state index is -0.745. The van der Waals surface area contributed by atoms with Crippen molar-refractivity contribution in [2.45, 2.75) is 31.2 Å². The molecule has 3 N–H and O–H groups in total. The van der Waals surface area contributed by atoms with E-state index in [1.807, 2.05) is 35.7 Å². The van der Waals surface area contributed by atoms with Crippen LogP contribution in [-0.2, 0) is 9.59 Å². The van der Waals surface area contributed by atoms with Gasteiger partial charge in [0, 0.05) is 17.9 Å². The lowest BCUT2D eigenvalue weighted by Crippen LogP contribution is -2.38. The summed E-state index contributed by atoms with van der Waals surface area (Å²) in [5.41, 5.74) is 1.83. The van der Waals surface area contributed by atoms with Crippen molar-refractivity contribution in [2.24, 2.45) is 0 Å². The number of aliphatic hydroxyl groups excluding tert-OH is 1. The third kappa shape index (κ3) is 4.18. The zero-order chi connectivity index (χ0) is 16.9. The molecule has 0 radical (unpaired) electrons. The van der Waals surface area contributed by atoms with Crippen LogP contribution in [0.2, 0.25) is 0 Å². The number of thiazole rings is 1. The van der Waals surface area contributed by atoms with Crippen molar-refractivity contribution in [3.8, 4) is 0 Å². The summed E-state index contributed by atoms with van der Waals surface area (Å²) >= 11 is 1.33. The Kier molecular flexibility index (Phi) is 5.22. The molecule has 0 aliphatic heterocycles. The Morgan fingerprint density at radius 1 is 1.25 bits per heavy atom. The zero-order valence-electron chi connectivity index (χ0n) is 13.1. The summed E-state index contributed by atoms with van der Waals surface area (Å²) in [6.45, 7) is -0.0846. The topological polar surface area (TPSA) is 91.3 Å². The average molecular weight is 345 g/mol. The maximum atomic E-state index is 12.1. The lowest BCUT2D eigenvalue weighted by atomic mass is 10.0. The summed E-state index contributed by atoms with van der Waals surface area (Å²) < 4.78 is 0. The molecule has 1 fully saturated rings. The highest BCUT2D eigenvalue weighted by Gasteiger charge is 2.27. The van der Waals surface area contributed by atoms with Crippen LogP contribution in [0, 0.1) is 0 Å². The van der Waals surface area contributed by atoms with Gasteiger partial charge in [0.15, 0.2) is 5.13 Å². The van der Waals surface area contributed by atoms with Gasteiger partial charge in [0.1, 0.15) is 0 Å². The molecule has 3 rings (SSSR count). The van der Waals surface area contributed by atoms with Crippen LogP contribution >= 0.6 is 11.3 Å². The van der Waals surface area contributed by atoms with E-state index in [-0.39, 0.29) is 6.61 Å². The van der Waals surface area contributed by atoms with Crippen molar-refractivity contribution in [3.05, 3.63) is 47.0 Å². The maximum absolute atomic E-state index is 12.1. The second kappa shape index (κ2) is 7.55. The molecule has 1 heterocycles. The Hall–Kier alpha value is -2.25. The van der Waals surface area contributed by atoms with Gasteiger partial charge in [-0.05, 0) is 24.8 Å². The summed E-state index contributed by atoms with van der Waals surface area (Å²) in [5, 5.41) is 16.7. The third-order valence-electron chi connectivity index (χ3n) is 3.87. The predicted molar refractivity (Wildman–Crippen MR) is 91.7 cm³/mol. The van der Waals surface area contributed by atoms with E-state index in [9.17, 15) is 14.7 Å². The van der Waals surface area contributed by atoms with Crippen LogP contribution in [0.15, 0.2) is 35.7 Å². The average Bonchev–Trinajstić information content (AvgIpc) is 3.35. The Balaban J connectivity index is 1.60. The monoisotopic (exact) mass is 345 g/mol. The first-order chi connectivity index (χ1) is 11.7. The summed E-state index contributed by atoms with van der Waals surface area (Å²) in [7, 11) is 0. The fourth-order valence-electron chi connectivity index (χ4n) is 2.42. The Bertz CT molecular complexity index is 713. The number of aromatic nitrogens is 1. The molecule has 1 atom stereocenters. The lowest BCUT2D eigenvalue weighted by molar-refractivity contribution is -0.136. The van der Waals surface area contributed by atoms with Gasteiger partial charge < -0.3 is 10.4 Å². The normalized spacial score (nSPS) is 14.9. The van der Waals surface area contributed by atoms with Crippen LogP contribution in [0.4, 0.5) is 5.13 Å². The number of carbonyl (C=O) groups excluding carboxylic acids is 2. The summed E-state index contributed by atoms with van der Waals surface area (Å²) in [6, 6.07) is 8.85. The minimum absolute atomic E-state index is 0.0846. The van der Waals surface area contributed by atoms with Crippen molar-refractivity contribution in [1.82, 2.24) is 10.3 Å². The molecule has 0 spiro atoms. The third-order valence-corrected chi connectivity index (χ3v) is 4.65. The van der Waals surface area contributed by atoms with E-state index < -0.39 is 17.9 Å². The largest absolute Gasteiger partial charge is 0.396 e. The number of amides is 2. The molecule has 1 aromatic carbocycles. The van der Waals surface area contributed by atoms with Crippen LogP contribution in [0.5, 0.6) is 0 Å². The van der Waals surface area contributed by atoms with Gasteiger partial charge in [0.05, 0.1) is 11.7 Å². The van der Waals surface area contributed by atoms with Crippen molar-refractivity contribution >= 4 is 28.3 Å². The van der Waals surface area contributed by atoms with Gasteiger partial charge in [-0.3, -0.25) is 14.9 Å². The van der Waals surface area contributed by atoms with Crippen LogP contribution in [0.1, 0.15) is 42.5 Å². The van der Waals surface area contributed by atoms with Crippen molar-refractivity contribution < 1.29 is 14.7 Å². The number of carbonyl (C=O) groups is 2. The standard InChI is InChI=1S/C17H19N3O3S/c21-9-8-13(11-4-2-1-3-5-11)18-15(22)16(23)20-17-19-14(10-24-17)12-6-7-12/h1-5,10,12-13,21H,6-9H2,(H,18,22)(H,19,20,23)/t13-/m0/s1. The number of benzene rings is 1. The molecule has 0 bridgehead atoms. The number of nitrogens with zero attached hydrogens (tertiary/aromatic N) is 1. The summed E-state index contributed by atoms with van der Waals surface area (Å²) in [6.07, 6.45) is 2.61. The fourth-order valence-corrected chi connectivity index (χ4v) is 3.21. The van der Waals surface area contributed by atoms with Gasteiger partial charge in [0.2, 0.25) is 0 Å². The molecule has 0 unspecified atom stereocenters. The molecule has 1 aromatic heterocycles. The molecule has 6 nitrogen and oxygen atoms in total. The number of hydrogen-bond donors (Lipinski definition) is 3.